The second-order valence-electron chi connectivity index (χ2n) is 8.31. The number of likely N-dealkylation sites (tertiary alicyclic amines) is 1. The number of rotatable bonds is 6. The third-order valence-corrected chi connectivity index (χ3v) is 5.63. The summed E-state index contributed by atoms with van der Waals surface area (Å²) in [6.07, 6.45) is 7.33. The summed E-state index contributed by atoms with van der Waals surface area (Å²) in [6, 6.07) is 8.28. The van der Waals surface area contributed by atoms with Crippen molar-refractivity contribution in [2.75, 3.05) is 25.0 Å². The van der Waals surface area contributed by atoms with Gasteiger partial charge >= 0.3 is 0 Å². The Morgan fingerprint density at radius 1 is 1.17 bits per heavy atom. The van der Waals surface area contributed by atoms with Crippen LogP contribution in [0.5, 0.6) is 0 Å². The van der Waals surface area contributed by atoms with Crippen LogP contribution in [0.15, 0.2) is 55.1 Å². The standard InChI is InChI=1S/C23H27F2N5/c1-16(17-6-8-30(9-7-17)15-23(2,24)25)28-22-11-20-10-18(4-5-19(20)12-26-22)21-13-27-29(3)14-21/h4-5,10-14,17H,1,6-9,15H2,2-3H3,(H,26,28). The van der Waals surface area contributed by atoms with Gasteiger partial charge in [0.05, 0.1) is 12.7 Å². The molecule has 1 fully saturated rings. The first-order chi connectivity index (χ1) is 14.3. The lowest BCUT2D eigenvalue weighted by Gasteiger charge is -2.34. The Hall–Kier alpha value is -2.80. The number of aryl methyl sites for hydroxylation is 1. The van der Waals surface area contributed by atoms with Gasteiger partial charge in [0, 0.05) is 48.9 Å². The minimum absolute atomic E-state index is 0.175. The quantitative estimate of drug-likeness (QED) is 0.625. The van der Waals surface area contributed by atoms with Crippen LogP contribution >= 0.6 is 0 Å². The predicted octanol–water partition coefficient (Wildman–Crippen LogP) is 4.93. The lowest BCUT2D eigenvalue weighted by Crippen LogP contribution is -2.41. The SMILES string of the molecule is C=C(Nc1cc2cc(-c3cnn(C)c3)ccc2cn1)C1CCN(CC(C)(F)F)CC1. The highest BCUT2D eigenvalue weighted by Gasteiger charge is 2.29. The summed E-state index contributed by atoms with van der Waals surface area (Å²) >= 11 is 0. The second kappa shape index (κ2) is 8.14. The van der Waals surface area contributed by atoms with E-state index in [0.717, 1.165) is 53.2 Å². The van der Waals surface area contributed by atoms with Crippen LogP contribution in [0.1, 0.15) is 19.8 Å². The molecule has 0 atom stereocenters. The van der Waals surface area contributed by atoms with Crippen LogP contribution in [-0.2, 0) is 7.05 Å². The zero-order valence-electron chi connectivity index (χ0n) is 17.4. The van der Waals surface area contributed by atoms with Crippen molar-refractivity contribution in [3.8, 4) is 11.1 Å². The third-order valence-electron chi connectivity index (χ3n) is 5.63. The average molecular weight is 412 g/mol. The van der Waals surface area contributed by atoms with Gasteiger partial charge in [0.25, 0.3) is 5.92 Å². The smallest absolute Gasteiger partial charge is 0.257 e. The maximum Gasteiger partial charge on any atom is 0.257 e. The molecule has 158 valence electrons. The summed E-state index contributed by atoms with van der Waals surface area (Å²) in [7, 11) is 1.90. The van der Waals surface area contributed by atoms with E-state index >= 15 is 0 Å². The van der Waals surface area contributed by atoms with E-state index in [1.807, 2.05) is 36.6 Å². The molecule has 5 nitrogen and oxygen atoms in total. The number of aromatic nitrogens is 3. The second-order valence-corrected chi connectivity index (χ2v) is 8.31. The number of anilines is 1. The Labute approximate surface area is 175 Å². The highest BCUT2D eigenvalue weighted by Crippen LogP contribution is 2.28. The molecule has 2 aromatic heterocycles. The van der Waals surface area contributed by atoms with Gasteiger partial charge in [-0.05, 0) is 49.0 Å². The number of alkyl halides is 2. The molecule has 0 unspecified atom stereocenters. The predicted molar refractivity (Wildman–Crippen MR) is 116 cm³/mol. The molecule has 4 rings (SSSR count). The van der Waals surface area contributed by atoms with E-state index in [9.17, 15) is 8.78 Å². The average Bonchev–Trinajstić information content (AvgIpc) is 3.13. The minimum Gasteiger partial charge on any atom is -0.344 e. The van der Waals surface area contributed by atoms with Crippen molar-refractivity contribution < 1.29 is 8.78 Å². The number of allylic oxidation sites excluding steroid dienone is 1. The number of pyridine rings is 1. The maximum atomic E-state index is 13.2. The lowest BCUT2D eigenvalue weighted by molar-refractivity contribution is -0.0210. The molecule has 0 saturated carbocycles. The molecule has 0 aliphatic carbocycles. The van der Waals surface area contributed by atoms with E-state index in [-0.39, 0.29) is 12.5 Å². The van der Waals surface area contributed by atoms with Crippen molar-refractivity contribution in [3.05, 3.63) is 55.1 Å². The fraction of sp³-hybridized carbons (Fsp3) is 0.391. The number of benzene rings is 1. The Kier molecular flexibility index (Phi) is 5.56. The fourth-order valence-corrected chi connectivity index (χ4v) is 4.06. The van der Waals surface area contributed by atoms with Gasteiger partial charge in [0.2, 0.25) is 0 Å². The third kappa shape index (κ3) is 4.84. The first kappa shape index (κ1) is 20.5. The summed E-state index contributed by atoms with van der Waals surface area (Å²) in [5.74, 6) is -1.64. The van der Waals surface area contributed by atoms with Gasteiger partial charge in [-0.3, -0.25) is 9.58 Å². The lowest BCUT2D eigenvalue weighted by atomic mass is 9.93. The monoisotopic (exact) mass is 411 g/mol. The zero-order valence-corrected chi connectivity index (χ0v) is 17.4. The van der Waals surface area contributed by atoms with E-state index < -0.39 is 5.92 Å². The zero-order chi connectivity index (χ0) is 21.3. The summed E-state index contributed by atoms with van der Waals surface area (Å²) < 4.78 is 28.3. The van der Waals surface area contributed by atoms with Gasteiger partial charge in [-0.25, -0.2) is 13.8 Å². The highest BCUT2D eigenvalue weighted by atomic mass is 19.3. The summed E-state index contributed by atoms with van der Waals surface area (Å²) in [6.45, 7) is 6.32. The number of piperidine rings is 1. The molecule has 0 bridgehead atoms. The molecule has 0 amide bonds. The van der Waals surface area contributed by atoms with Crippen LogP contribution in [0.25, 0.3) is 21.9 Å². The van der Waals surface area contributed by atoms with Crippen molar-refractivity contribution in [2.24, 2.45) is 13.0 Å². The molecule has 3 aromatic rings. The van der Waals surface area contributed by atoms with Crippen LogP contribution < -0.4 is 5.32 Å². The molecule has 1 aliphatic rings. The molecule has 0 radical (unpaired) electrons. The first-order valence-electron chi connectivity index (χ1n) is 10.2. The molecule has 1 aliphatic heterocycles. The molecular formula is C23H27F2N5. The number of fused-ring (bicyclic) bond motifs is 1. The largest absolute Gasteiger partial charge is 0.344 e. The van der Waals surface area contributed by atoms with Gasteiger partial charge < -0.3 is 5.32 Å². The van der Waals surface area contributed by atoms with E-state index in [2.05, 4.69) is 40.2 Å². The van der Waals surface area contributed by atoms with Crippen LogP contribution in [0.3, 0.4) is 0 Å². The Balaban J connectivity index is 1.43. The van der Waals surface area contributed by atoms with E-state index in [1.54, 1.807) is 4.68 Å². The van der Waals surface area contributed by atoms with E-state index in [1.165, 1.54) is 0 Å². The number of nitrogens with zero attached hydrogens (tertiary/aromatic N) is 4. The molecule has 1 N–H and O–H groups in total. The summed E-state index contributed by atoms with van der Waals surface area (Å²) in [4.78, 5) is 6.35. The number of halogens is 2. The Bertz CT molecular complexity index is 1050. The van der Waals surface area contributed by atoms with Crippen molar-refractivity contribution in [3.63, 3.8) is 0 Å². The Morgan fingerprint density at radius 2 is 1.93 bits per heavy atom. The van der Waals surface area contributed by atoms with Crippen LogP contribution in [0, 0.1) is 5.92 Å². The van der Waals surface area contributed by atoms with Crippen molar-refractivity contribution in [1.82, 2.24) is 19.7 Å². The summed E-state index contributed by atoms with van der Waals surface area (Å²) in [5, 5.41) is 9.73. The van der Waals surface area contributed by atoms with Gasteiger partial charge in [0.1, 0.15) is 5.82 Å². The van der Waals surface area contributed by atoms with Crippen LogP contribution in [0.4, 0.5) is 14.6 Å². The van der Waals surface area contributed by atoms with Gasteiger partial charge in [0.15, 0.2) is 0 Å². The van der Waals surface area contributed by atoms with Crippen molar-refractivity contribution in [2.45, 2.75) is 25.7 Å². The van der Waals surface area contributed by atoms with Crippen molar-refractivity contribution >= 4 is 16.6 Å². The molecular weight excluding hydrogens is 384 g/mol. The van der Waals surface area contributed by atoms with Gasteiger partial charge in [-0.15, -0.1) is 0 Å². The molecule has 0 spiro atoms. The normalized spacial score (nSPS) is 16.1. The van der Waals surface area contributed by atoms with Gasteiger partial charge in [-0.1, -0.05) is 18.7 Å². The first-order valence-corrected chi connectivity index (χ1v) is 10.2. The van der Waals surface area contributed by atoms with Crippen LogP contribution in [0.2, 0.25) is 0 Å². The molecule has 1 saturated heterocycles. The summed E-state index contributed by atoms with van der Waals surface area (Å²) in [5.41, 5.74) is 3.07. The fourth-order valence-electron chi connectivity index (χ4n) is 4.06. The highest BCUT2D eigenvalue weighted by molar-refractivity contribution is 5.88. The minimum atomic E-state index is -2.65. The molecule has 30 heavy (non-hydrogen) atoms. The number of hydrogen-bond donors (Lipinski definition) is 1. The van der Waals surface area contributed by atoms with E-state index in [0.29, 0.717) is 13.1 Å². The molecule has 1 aromatic carbocycles. The molecule has 3 heterocycles. The van der Waals surface area contributed by atoms with Crippen molar-refractivity contribution in [1.29, 1.82) is 0 Å². The van der Waals surface area contributed by atoms with Gasteiger partial charge in [-0.2, -0.15) is 5.10 Å². The topological polar surface area (TPSA) is 46.0 Å². The molecule has 7 heteroatoms. The maximum absolute atomic E-state index is 13.2. The number of nitrogens with one attached hydrogen (secondary N) is 1. The van der Waals surface area contributed by atoms with E-state index in [4.69, 9.17) is 0 Å². The number of hydrogen-bond acceptors (Lipinski definition) is 4. The van der Waals surface area contributed by atoms with Crippen LogP contribution in [-0.4, -0.2) is 45.2 Å². The Morgan fingerprint density at radius 3 is 2.60 bits per heavy atom.